The number of halogens is 2. The van der Waals surface area contributed by atoms with Crippen molar-refractivity contribution in [2.45, 2.75) is 44.6 Å². The molecule has 0 amide bonds. The van der Waals surface area contributed by atoms with Crippen LogP contribution in [0, 0.1) is 13.3 Å². The van der Waals surface area contributed by atoms with Crippen LogP contribution in [0.5, 0.6) is 0 Å². The third kappa shape index (κ3) is 6.65. The van der Waals surface area contributed by atoms with Crippen LogP contribution in [-0.2, 0) is 9.53 Å². The quantitative estimate of drug-likeness (QED) is 0.260. The van der Waals surface area contributed by atoms with Gasteiger partial charge < -0.3 is 4.74 Å². The fourth-order valence-corrected chi connectivity index (χ4v) is 1.97. The number of carbonyl (C=O) groups is 1. The highest BCUT2D eigenvalue weighted by molar-refractivity contribution is 6.22. The van der Waals surface area contributed by atoms with E-state index in [2.05, 4.69) is 19.9 Å². The summed E-state index contributed by atoms with van der Waals surface area (Å²) in [6.45, 7) is 8.94. The normalized spacial score (nSPS) is 11.3. The average molecular weight is 293 g/mol. The van der Waals surface area contributed by atoms with E-state index in [1.165, 1.54) is 0 Å². The molecule has 0 aliphatic carbocycles. The molecule has 0 fully saturated rings. The Morgan fingerprint density at radius 2 is 1.94 bits per heavy atom. The topological polar surface area (TPSA) is 26.3 Å². The Morgan fingerprint density at radius 1 is 1.33 bits per heavy atom. The van der Waals surface area contributed by atoms with Crippen molar-refractivity contribution in [2.24, 2.45) is 0 Å². The van der Waals surface area contributed by atoms with Crippen molar-refractivity contribution >= 4 is 29.2 Å². The lowest BCUT2D eigenvalue weighted by atomic mass is 9.99. The predicted molar refractivity (Wildman–Crippen MR) is 77.8 cm³/mol. The van der Waals surface area contributed by atoms with Crippen LogP contribution in [0.15, 0.2) is 12.2 Å². The van der Waals surface area contributed by atoms with Gasteiger partial charge in [-0.3, -0.25) is 0 Å². The maximum absolute atomic E-state index is 11.6. The second-order valence-corrected chi connectivity index (χ2v) is 5.00. The molecule has 0 rings (SSSR count). The molecular formula is C14H22Cl2O2. The zero-order valence-electron chi connectivity index (χ0n) is 11.0. The standard InChI is InChI=1S/C14H22Cl2O2/c1-4-5-6-7-8-9-14(10-15,11-16)18-13(17)12(2)3/h8H,1-2,4-7,9-11H2,3H3. The molecule has 0 bridgehead atoms. The first-order valence-corrected chi connectivity index (χ1v) is 7.20. The van der Waals surface area contributed by atoms with Gasteiger partial charge in [0.25, 0.3) is 0 Å². The zero-order valence-corrected chi connectivity index (χ0v) is 12.5. The van der Waals surface area contributed by atoms with E-state index in [4.69, 9.17) is 27.9 Å². The molecule has 2 radical (unpaired) electrons. The summed E-state index contributed by atoms with van der Waals surface area (Å²) in [5.41, 5.74) is -0.462. The second kappa shape index (κ2) is 9.69. The van der Waals surface area contributed by atoms with E-state index < -0.39 is 11.6 Å². The molecule has 0 saturated carbocycles. The largest absolute Gasteiger partial charge is 0.453 e. The van der Waals surface area contributed by atoms with Gasteiger partial charge in [0, 0.05) is 5.57 Å². The zero-order chi connectivity index (χ0) is 14.0. The van der Waals surface area contributed by atoms with Gasteiger partial charge in [-0.15, -0.1) is 23.2 Å². The van der Waals surface area contributed by atoms with Gasteiger partial charge in [0.05, 0.1) is 11.8 Å². The van der Waals surface area contributed by atoms with Gasteiger partial charge in [0.2, 0.25) is 0 Å². The fourth-order valence-electron chi connectivity index (χ4n) is 1.36. The van der Waals surface area contributed by atoms with Gasteiger partial charge in [-0.1, -0.05) is 39.2 Å². The number of hydrogen-bond donors (Lipinski definition) is 0. The smallest absolute Gasteiger partial charge is 0.333 e. The Labute approximate surface area is 121 Å². The molecule has 104 valence electrons. The molecule has 0 aromatic carbocycles. The van der Waals surface area contributed by atoms with Gasteiger partial charge in [0.1, 0.15) is 5.60 Å². The minimum atomic E-state index is -0.816. The highest BCUT2D eigenvalue weighted by Gasteiger charge is 2.32. The lowest BCUT2D eigenvalue weighted by Gasteiger charge is -2.29. The van der Waals surface area contributed by atoms with Crippen molar-refractivity contribution in [2.75, 3.05) is 11.8 Å². The second-order valence-electron chi connectivity index (χ2n) is 4.46. The van der Waals surface area contributed by atoms with Crippen LogP contribution in [0.4, 0.5) is 0 Å². The Kier molecular flexibility index (Phi) is 9.57. The molecule has 0 atom stereocenters. The van der Waals surface area contributed by atoms with E-state index in [-0.39, 0.29) is 11.8 Å². The summed E-state index contributed by atoms with van der Waals surface area (Å²) >= 11 is 11.8. The van der Waals surface area contributed by atoms with Crippen LogP contribution in [0.25, 0.3) is 0 Å². The van der Waals surface area contributed by atoms with Crippen LogP contribution in [0.1, 0.15) is 39.0 Å². The first-order valence-electron chi connectivity index (χ1n) is 6.13. The molecule has 18 heavy (non-hydrogen) atoms. The van der Waals surface area contributed by atoms with Crippen LogP contribution >= 0.6 is 23.2 Å². The van der Waals surface area contributed by atoms with Crippen molar-refractivity contribution in [3.8, 4) is 0 Å². The Bertz CT molecular complexity index is 261. The van der Waals surface area contributed by atoms with Gasteiger partial charge >= 0.3 is 5.97 Å². The monoisotopic (exact) mass is 292 g/mol. The molecule has 0 heterocycles. The highest BCUT2D eigenvalue weighted by atomic mass is 35.5. The first kappa shape index (κ1) is 17.8. The summed E-state index contributed by atoms with van der Waals surface area (Å²) in [5.74, 6) is -0.0784. The van der Waals surface area contributed by atoms with E-state index in [9.17, 15) is 4.79 Å². The minimum Gasteiger partial charge on any atom is -0.453 e. The molecule has 0 aliphatic heterocycles. The molecule has 0 aromatic heterocycles. The number of alkyl halides is 2. The molecule has 0 saturated heterocycles. The van der Waals surface area contributed by atoms with Crippen LogP contribution in [0.2, 0.25) is 0 Å². The van der Waals surface area contributed by atoms with Gasteiger partial charge in [-0.25, -0.2) is 4.79 Å². The summed E-state index contributed by atoms with van der Waals surface area (Å²) < 4.78 is 5.36. The summed E-state index contributed by atoms with van der Waals surface area (Å²) in [4.78, 5) is 11.6. The molecule has 0 unspecified atom stereocenters. The molecule has 0 N–H and O–H groups in total. The Morgan fingerprint density at radius 3 is 2.39 bits per heavy atom. The van der Waals surface area contributed by atoms with Gasteiger partial charge in [-0.05, 0) is 19.8 Å². The maximum atomic E-state index is 11.6. The number of ether oxygens (including phenoxy) is 1. The number of esters is 1. The van der Waals surface area contributed by atoms with Gasteiger partial charge in [0.15, 0.2) is 0 Å². The lowest BCUT2D eigenvalue weighted by molar-refractivity contribution is -0.150. The molecule has 0 aromatic rings. The number of rotatable bonds is 10. The first-order chi connectivity index (χ1) is 8.51. The van der Waals surface area contributed by atoms with Crippen molar-refractivity contribution in [3.63, 3.8) is 0 Å². The summed E-state index contributed by atoms with van der Waals surface area (Å²) in [6, 6.07) is 0. The molecule has 2 nitrogen and oxygen atoms in total. The number of hydrogen-bond acceptors (Lipinski definition) is 2. The summed E-state index contributed by atoms with van der Waals surface area (Å²) in [6.07, 6.45) is 6.71. The van der Waals surface area contributed by atoms with Crippen molar-refractivity contribution in [3.05, 3.63) is 25.5 Å². The minimum absolute atomic E-state index is 0.182. The van der Waals surface area contributed by atoms with Crippen molar-refractivity contribution in [1.29, 1.82) is 0 Å². The van der Waals surface area contributed by atoms with Crippen molar-refractivity contribution in [1.82, 2.24) is 0 Å². The van der Waals surface area contributed by atoms with Gasteiger partial charge in [-0.2, -0.15) is 0 Å². The van der Waals surface area contributed by atoms with E-state index in [1.54, 1.807) is 6.92 Å². The van der Waals surface area contributed by atoms with E-state index >= 15 is 0 Å². The molecule has 0 aliphatic rings. The third-order valence-electron chi connectivity index (χ3n) is 2.57. The number of unbranched alkanes of at least 4 members (excludes halogenated alkanes) is 4. The third-order valence-corrected chi connectivity index (χ3v) is 3.54. The number of carbonyl (C=O) groups excluding carboxylic acids is 1. The Hall–Kier alpha value is -0.210. The average Bonchev–Trinajstić information content (AvgIpc) is 2.36. The fraction of sp³-hybridized carbons (Fsp3) is 0.643. The molecule has 0 spiro atoms. The van der Waals surface area contributed by atoms with Crippen LogP contribution in [-0.4, -0.2) is 23.3 Å². The van der Waals surface area contributed by atoms with Crippen LogP contribution < -0.4 is 0 Å². The van der Waals surface area contributed by atoms with Crippen LogP contribution in [0.3, 0.4) is 0 Å². The predicted octanol–water partition coefficient (Wildman–Crippen LogP) is 4.31. The highest BCUT2D eigenvalue weighted by Crippen LogP contribution is 2.24. The molecule has 4 heteroatoms. The maximum Gasteiger partial charge on any atom is 0.333 e. The molecular weight excluding hydrogens is 271 g/mol. The summed E-state index contributed by atoms with van der Waals surface area (Å²) in [5, 5.41) is 0. The SMILES string of the molecule is [CH2]CCCC[CH]CC(CCl)(CCl)OC(=O)C(=C)C. The summed E-state index contributed by atoms with van der Waals surface area (Å²) in [7, 11) is 0. The van der Waals surface area contributed by atoms with E-state index in [0.29, 0.717) is 12.0 Å². The van der Waals surface area contributed by atoms with E-state index in [1.807, 2.05) is 0 Å². The lowest BCUT2D eigenvalue weighted by Crippen LogP contribution is -2.39. The Balaban J connectivity index is 4.25. The van der Waals surface area contributed by atoms with E-state index in [0.717, 1.165) is 25.7 Å². The van der Waals surface area contributed by atoms with Crippen molar-refractivity contribution < 1.29 is 9.53 Å².